The molecule has 3 aliphatic heterocycles. The third-order valence-electron chi connectivity index (χ3n) is 6.40. The minimum absolute atomic E-state index is 0.0344. The van der Waals surface area contributed by atoms with Gasteiger partial charge in [0.05, 0.1) is 22.8 Å². The van der Waals surface area contributed by atoms with Gasteiger partial charge < -0.3 is 11.5 Å². The second-order valence-electron chi connectivity index (χ2n) is 8.52. The summed E-state index contributed by atoms with van der Waals surface area (Å²) >= 11 is 1.41. The molecule has 2 aromatic carbocycles. The van der Waals surface area contributed by atoms with Gasteiger partial charge in [0.1, 0.15) is 35.2 Å². The van der Waals surface area contributed by atoms with Crippen molar-refractivity contribution in [2.45, 2.75) is 13.0 Å². The molecule has 4 heterocycles. The monoisotopic (exact) mass is 492 g/mol. The van der Waals surface area contributed by atoms with Gasteiger partial charge in [-0.25, -0.2) is 9.98 Å². The van der Waals surface area contributed by atoms with Gasteiger partial charge in [0.25, 0.3) is 5.91 Å². The highest BCUT2D eigenvalue weighted by atomic mass is 32.2. The molecule has 1 amide bonds. The summed E-state index contributed by atoms with van der Waals surface area (Å²) in [7, 11) is 0. The van der Waals surface area contributed by atoms with Crippen LogP contribution in [0.3, 0.4) is 0 Å². The van der Waals surface area contributed by atoms with Crippen molar-refractivity contribution < 1.29 is 4.79 Å². The highest BCUT2D eigenvalue weighted by Gasteiger charge is 2.46. The lowest BCUT2D eigenvalue weighted by atomic mass is 9.93. The molecule has 4 N–H and O–H groups in total. The summed E-state index contributed by atoms with van der Waals surface area (Å²) in [6.45, 7) is 1.83. The lowest BCUT2D eigenvalue weighted by molar-refractivity contribution is -0.119. The first kappa shape index (κ1) is 21.9. The third-order valence-corrected chi connectivity index (χ3v) is 7.26. The first-order chi connectivity index (χ1) is 17.5. The van der Waals surface area contributed by atoms with Crippen LogP contribution in [0, 0.1) is 17.2 Å². The van der Waals surface area contributed by atoms with E-state index in [0.29, 0.717) is 33.6 Å². The van der Waals surface area contributed by atoms with Gasteiger partial charge in [-0.15, -0.1) is 0 Å². The minimum atomic E-state index is -0.633. The molecule has 2 atom stereocenters. The van der Waals surface area contributed by atoms with E-state index in [1.165, 1.54) is 16.8 Å². The number of aliphatic imine (C=N–C) groups is 1. The predicted molar refractivity (Wildman–Crippen MR) is 142 cm³/mol. The number of nitrogens with zero attached hydrogens (tertiary/aromatic N) is 6. The molecule has 0 saturated carbocycles. The minimum Gasteiger partial charge on any atom is -0.397 e. The second-order valence-corrected chi connectivity index (χ2v) is 9.35. The summed E-state index contributed by atoms with van der Waals surface area (Å²) in [6.07, 6.45) is 0. The van der Waals surface area contributed by atoms with Gasteiger partial charge in [0, 0.05) is 11.0 Å². The Bertz CT molecular complexity index is 1540. The van der Waals surface area contributed by atoms with Gasteiger partial charge in [0.2, 0.25) is 0 Å². The standard InChI is InChI=1S/C26H20N8OS/c1-14-19(25(35)34(32-14)16-10-6-3-7-11-16)18-13-36-26-30-22(15-8-4-2-5-9-15)20-21(28)17(12-27)23(29)31-24(20)33(18)26/h2-11,13,19,22H,1H3,(H4,28,29,31). The molecule has 10 heteroatoms. The van der Waals surface area contributed by atoms with E-state index in [2.05, 4.69) is 16.2 Å². The van der Waals surface area contributed by atoms with Gasteiger partial charge in [-0.3, -0.25) is 9.69 Å². The Balaban J connectivity index is 1.48. The maximum atomic E-state index is 13.6. The van der Waals surface area contributed by atoms with Crippen molar-refractivity contribution >= 4 is 51.6 Å². The molecule has 3 aliphatic rings. The number of carbonyl (C=O) groups excluding carboxylic acids is 1. The maximum Gasteiger partial charge on any atom is 0.262 e. The van der Waals surface area contributed by atoms with Crippen molar-refractivity contribution in [3.8, 4) is 6.07 Å². The van der Waals surface area contributed by atoms with E-state index in [-0.39, 0.29) is 23.0 Å². The van der Waals surface area contributed by atoms with E-state index in [1.807, 2.05) is 77.9 Å². The van der Waals surface area contributed by atoms with Crippen LogP contribution in [0.4, 0.5) is 23.0 Å². The number of thioether (sulfide) groups is 1. The largest absolute Gasteiger partial charge is 0.397 e. The molecule has 0 saturated heterocycles. The first-order valence-electron chi connectivity index (χ1n) is 11.2. The predicted octanol–water partition coefficient (Wildman–Crippen LogP) is 4.01. The zero-order valence-electron chi connectivity index (χ0n) is 19.2. The molecule has 9 nitrogen and oxygen atoms in total. The smallest absolute Gasteiger partial charge is 0.262 e. The van der Waals surface area contributed by atoms with Gasteiger partial charge in [0.15, 0.2) is 5.17 Å². The summed E-state index contributed by atoms with van der Waals surface area (Å²) in [5, 5.41) is 18.2. The van der Waals surface area contributed by atoms with Crippen LogP contribution < -0.4 is 21.4 Å². The third kappa shape index (κ3) is 3.17. The number of fused-ring (bicyclic) bond motifs is 3. The number of anilines is 4. The van der Waals surface area contributed by atoms with Crippen LogP contribution in [-0.2, 0) is 4.79 Å². The summed E-state index contributed by atoms with van der Waals surface area (Å²) in [4.78, 5) is 25.0. The van der Waals surface area contributed by atoms with Crippen LogP contribution in [0.2, 0.25) is 0 Å². The van der Waals surface area contributed by atoms with Gasteiger partial charge in [-0.1, -0.05) is 60.3 Å². The number of nitriles is 1. The molecule has 0 spiro atoms. The molecular weight excluding hydrogens is 472 g/mol. The van der Waals surface area contributed by atoms with Crippen molar-refractivity contribution in [2.75, 3.05) is 21.4 Å². The fraction of sp³-hybridized carbons (Fsp3) is 0.115. The summed E-state index contributed by atoms with van der Waals surface area (Å²) < 4.78 is 0. The Morgan fingerprint density at radius 1 is 1.06 bits per heavy atom. The highest BCUT2D eigenvalue weighted by Crippen LogP contribution is 2.49. The SMILES string of the molecule is CC1=NN(c2ccccc2)C(=O)C1C1=CSC2=NC(c3ccccc3)c3c(nc(N)c(C#N)c3N)N12. The average molecular weight is 493 g/mol. The molecule has 0 bridgehead atoms. The van der Waals surface area contributed by atoms with Gasteiger partial charge >= 0.3 is 0 Å². The average Bonchev–Trinajstić information content (AvgIpc) is 3.44. The molecule has 6 rings (SSSR count). The molecular formula is C26H20N8OS. The Kier molecular flexibility index (Phi) is 5.01. The van der Waals surface area contributed by atoms with E-state index < -0.39 is 12.0 Å². The van der Waals surface area contributed by atoms with E-state index in [0.717, 1.165) is 5.56 Å². The maximum absolute atomic E-state index is 13.6. The van der Waals surface area contributed by atoms with Crippen molar-refractivity contribution in [1.82, 2.24) is 4.98 Å². The summed E-state index contributed by atoms with van der Waals surface area (Å²) in [5.74, 6) is -0.301. The molecule has 176 valence electrons. The number of nitrogen functional groups attached to an aromatic ring is 2. The zero-order valence-corrected chi connectivity index (χ0v) is 20.0. The lowest BCUT2D eigenvalue weighted by Crippen LogP contribution is -2.38. The summed E-state index contributed by atoms with van der Waals surface area (Å²) in [5.41, 5.74) is 16.6. The quantitative estimate of drug-likeness (QED) is 0.563. The molecule has 2 unspecified atom stereocenters. The number of para-hydroxylation sites is 1. The van der Waals surface area contributed by atoms with Crippen LogP contribution in [0.5, 0.6) is 0 Å². The number of amides is 1. The van der Waals surface area contributed by atoms with Crippen LogP contribution in [0.15, 0.2) is 81.9 Å². The van der Waals surface area contributed by atoms with E-state index in [4.69, 9.17) is 16.5 Å². The normalized spacial score (nSPS) is 20.3. The number of amidine groups is 1. The molecule has 36 heavy (non-hydrogen) atoms. The number of hydrazone groups is 1. The lowest BCUT2D eigenvalue weighted by Gasteiger charge is -2.33. The summed E-state index contributed by atoms with van der Waals surface area (Å²) in [6, 6.07) is 20.6. The Morgan fingerprint density at radius 3 is 2.44 bits per heavy atom. The van der Waals surface area contributed by atoms with Crippen molar-refractivity contribution in [1.29, 1.82) is 5.26 Å². The number of carbonyl (C=O) groups is 1. The van der Waals surface area contributed by atoms with E-state index in [9.17, 15) is 10.1 Å². The fourth-order valence-electron chi connectivity index (χ4n) is 4.72. The number of rotatable bonds is 3. The molecule has 0 radical (unpaired) electrons. The number of aromatic nitrogens is 1. The van der Waals surface area contributed by atoms with Crippen LogP contribution in [-0.4, -0.2) is 21.8 Å². The van der Waals surface area contributed by atoms with Crippen LogP contribution in [0.25, 0.3) is 0 Å². The number of nitrogens with two attached hydrogens (primary N) is 2. The fourth-order valence-corrected chi connectivity index (χ4v) is 5.65. The van der Waals surface area contributed by atoms with Gasteiger partial charge in [-0.05, 0) is 24.6 Å². The van der Waals surface area contributed by atoms with Crippen molar-refractivity contribution in [2.24, 2.45) is 16.0 Å². The van der Waals surface area contributed by atoms with E-state index in [1.54, 1.807) is 0 Å². The molecule has 1 aromatic heterocycles. The van der Waals surface area contributed by atoms with Crippen molar-refractivity contribution in [3.63, 3.8) is 0 Å². The molecule has 3 aromatic rings. The van der Waals surface area contributed by atoms with Crippen LogP contribution >= 0.6 is 11.8 Å². The molecule has 0 fully saturated rings. The number of hydrogen-bond donors (Lipinski definition) is 2. The highest BCUT2D eigenvalue weighted by molar-refractivity contribution is 8.17. The number of benzene rings is 2. The number of pyridine rings is 1. The Labute approximate surface area is 211 Å². The van der Waals surface area contributed by atoms with Crippen LogP contribution in [0.1, 0.15) is 29.7 Å². The zero-order chi connectivity index (χ0) is 25.0. The molecule has 0 aliphatic carbocycles. The topological polar surface area (TPSA) is 137 Å². The van der Waals surface area contributed by atoms with Gasteiger partial charge in [-0.2, -0.15) is 15.4 Å². The Hall–Kier alpha value is -4.62. The van der Waals surface area contributed by atoms with E-state index >= 15 is 0 Å². The number of hydrogen-bond acceptors (Lipinski definition) is 9. The first-order valence-corrected chi connectivity index (χ1v) is 12.1. The Morgan fingerprint density at radius 2 is 1.75 bits per heavy atom. The van der Waals surface area contributed by atoms with Crippen molar-refractivity contribution in [3.05, 3.63) is 88.5 Å². The second kappa shape index (κ2) is 8.25.